The molecule has 0 fully saturated rings. The number of carbonyl (C=O) groups excluding carboxylic acids is 1. The van der Waals surface area contributed by atoms with Gasteiger partial charge in [0.05, 0.1) is 12.6 Å². The molecule has 1 aliphatic heterocycles. The molecule has 1 unspecified atom stereocenters. The molecule has 3 nitrogen and oxygen atoms in total. The molecule has 3 heteroatoms. The lowest BCUT2D eigenvalue weighted by Crippen LogP contribution is -2.42. The second kappa shape index (κ2) is 6.40. The summed E-state index contributed by atoms with van der Waals surface area (Å²) in [4.78, 5) is 14.6. The molecule has 0 radical (unpaired) electrons. The van der Waals surface area contributed by atoms with Crippen molar-refractivity contribution in [1.29, 1.82) is 0 Å². The lowest BCUT2D eigenvalue weighted by Gasteiger charge is -2.25. The van der Waals surface area contributed by atoms with Crippen LogP contribution in [0, 0.1) is 0 Å². The summed E-state index contributed by atoms with van der Waals surface area (Å²) >= 11 is 0. The molecule has 0 bridgehead atoms. The van der Waals surface area contributed by atoms with E-state index in [2.05, 4.69) is 51.1 Å². The fraction of sp³-hybridized carbons (Fsp3) is 0.381. The maximum atomic E-state index is 12.7. The molecule has 1 atom stereocenters. The average molecular weight is 322 g/mol. The zero-order valence-corrected chi connectivity index (χ0v) is 14.8. The molecule has 0 saturated heterocycles. The summed E-state index contributed by atoms with van der Waals surface area (Å²) in [6.45, 7) is 7.18. The summed E-state index contributed by atoms with van der Waals surface area (Å²) < 4.78 is 0. The molecular formula is C21H26N2O. The molecule has 1 amide bonds. The summed E-state index contributed by atoms with van der Waals surface area (Å²) in [6, 6.07) is 16.2. The number of para-hydroxylation sites is 1. The van der Waals surface area contributed by atoms with Crippen LogP contribution in [0.1, 0.15) is 43.9 Å². The normalized spacial score (nSPS) is 18.2. The Morgan fingerprint density at radius 1 is 1.08 bits per heavy atom. The third-order valence-electron chi connectivity index (χ3n) is 4.75. The summed E-state index contributed by atoms with van der Waals surface area (Å²) in [7, 11) is 0. The van der Waals surface area contributed by atoms with Crippen LogP contribution in [0.2, 0.25) is 0 Å². The fourth-order valence-electron chi connectivity index (χ4n) is 3.19. The molecule has 24 heavy (non-hydrogen) atoms. The van der Waals surface area contributed by atoms with Crippen LogP contribution in [-0.2, 0) is 23.2 Å². The minimum atomic E-state index is -0.425. The summed E-state index contributed by atoms with van der Waals surface area (Å²) in [5.41, 5.74) is 10.8. The highest BCUT2D eigenvalue weighted by molar-refractivity contribution is 5.98. The molecule has 2 N–H and O–H groups in total. The molecule has 2 aromatic carbocycles. The Hall–Kier alpha value is -2.13. The Bertz CT molecular complexity index is 728. The number of benzene rings is 2. The Labute approximate surface area is 144 Å². The van der Waals surface area contributed by atoms with Gasteiger partial charge in [-0.05, 0) is 41.0 Å². The van der Waals surface area contributed by atoms with Crippen LogP contribution in [0.5, 0.6) is 0 Å². The predicted octanol–water partition coefficient (Wildman–Crippen LogP) is 3.79. The molecule has 0 aliphatic carbocycles. The molecule has 2 aromatic rings. The van der Waals surface area contributed by atoms with Crippen molar-refractivity contribution in [2.24, 2.45) is 5.73 Å². The number of nitrogens with two attached hydrogens (primary N) is 1. The number of rotatable bonds is 2. The van der Waals surface area contributed by atoms with Gasteiger partial charge in [0.15, 0.2) is 0 Å². The number of nitrogens with zero attached hydrogens (tertiary/aromatic N) is 1. The molecule has 0 aromatic heterocycles. The maximum Gasteiger partial charge on any atom is 0.244 e. The van der Waals surface area contributed by atoms with Gasteiger partial charge in [0.2, 0.25) is 5.91 Å². The first-order valence-corrected chi connectivity index (χ1v) is 8.60. The van der Waals surface area contributed by atoms with Crippen LogP contribution in [0.15, 0.2) is 48.5 Å². The topological polar surface area (TPSA) is 46.3 Å². The van der Waals surface area contributed by atoms with Gasteiger partial charge in [-0.25, -0.2) is 0 Å². The monoisotopic (exact) mass is 322 g/mol. The standard InChI is InChI=1S/C21H26N2O/c1-21(2,3)17-11-8-15(9-12-17)14-23-19-7-5-4-6-16(19)10-13-18(22)20(23)24/h4-9,11-12,18H,10,13-14,22H2,1-3H3. The smallest absolute Gasteiger partial charge is 0.244 e. The van der Waals surface area contributed by atoms with E-state index in [9.17, 15) is 4.79 Å². The third-order valence-corrected chi connectivity index (χ3v) is 4.75. The number of carbonyl (C=O) groups is 1. The Morgan fingerprint density at radius 2 is 1.75 bits per heavy atom. The summed E-state index contributed by atoms with van der Waals surface area (Å²) in [6.07, 6.45) is 1.55. The molecule has 1 heterocycles. The van der Waals surface area contributed by atoms with E-state index in [1.807, 2.05) is 23.1 Å². The number of amides is 1. The lowest BCUT2D eigenvalue weighted by molar-refractivity contribution is -0.120. The first-order valence-electron chi connectivity index (χ1n) is 8.60. The highest BCUT2D eigenvalue weighted by atomic mass is 16.2. The number of hydrogen-bond donors (Lipinski definition) is 1. The van der Waals surface area contributed by atoms with E-state index < -0.39 is 6.04 Å². The molecule has 3 rings (SSSR count). The summed E-state index contributed by atoms with van der Waals surface area (Å²) in [5.74, 6) is 0.0137. The largest absolute Gasteiger partial charge is 0.320 e. The Morgan fingerprint density at radius 3 is 2.42 bits per heavy atom. The van der Waals surface area contributed by atoms with E-state index >= 15 is 0 Å². The van der Waals surface area contributed by atoms with Crippen molar-refractivity contribution in [3.05, 3.63) is 65.2 Å². The van der Waals surface area contributed by atoms with Crippen molar-refractivity contribution in [2.45, 2.75) is 51.6 Å². The minimum Gasteiger partial charge on any atom is -0.320 e. The van der Waals surface area contributed by atoms with Gasteiger partial charge in [-0.2, -0.15) is 0 Å². The Balaban J connectivity index is 1.91. The van der Waals surface area contributed by atoms with Gasteiger partial charge in [-0.1, -0.05) is 63.2 Å². The van der Waals surface area contributed by atoms with Crippen LogP contribution < -0.4 is 10.6 Å². The van der Waals surface area contributed by atoms with Gasteiger partial charge < -0.3 is 10.6 Å². The predicted molar refractivity (Wildman–Crippen MR) is 99.1 cm³/mol. The van der Waals surface area contributed by atoms with E-state index in [-0.39, 0.29) is 11.3 Å². The van der Waals surface area contributed by atoms with Crippen molar-refractivity contribution in [3.8, 4) is 0 Å². The third kappa shape index (κ3) is 3.36. The van der Waals surface area contributed by atoms with Gasteiger partial charge in [-0.3, -0.25) is 4.79 Å². The lowest BCUT2D eigenvalue weighted by atomic mass is 9.87. The van der Waals surface area contributed by atoms with Crippen molar-refractivity contribution in [2.75, 3.05) is 4.90 Å². The zero-order valence-electron chi connectivity index (χ0n) is 14.8. The number of anilines is 1. The first kappa shape index (κ1) is 16.7. The van der Waals surface area contributed by atoms with Crippen molar-refractivity contribution in [3.63, 3.8) is 0 Å². The van der Waals surface area contributed by atoms with Crippen molar-refractivity contribution < 1.29 is 4.79 Å². The van der Waals surface area contributed by atoms with E-state index in [4.69, 9.17) is 5.73 Å². The van der Waals surface area contributed by atoms with Crippen LogP contribution in [0.25, 0.3) is 0 Å². The fourth-order valence-corrected chi connectivity index (χ4v) is 3.19. The number of hydrogen-bond acceptors (Lipinski definition) is 2. The molecule has 126 valence electrons. The van der Waals surface area contributed by atoms with Crippen LogP contribution in [-0.4, -0.2) is 11.9 Å². The zero-order chi connectivity index (χ0) is 17.3. The molecule has 0 spiro atoms. The Kier molecular flexibility index (Phi) is 4.46. The highest BCUT2D eigenvalue weighted by Gasteiger charge is 2.27. The van der Waals surface area contributed by atoms with Crippen LogP contribution >= 0.6 is 0 Å². The van der Waals surface area contributed by atoms with E-state index in [1.165, 1.54) is 11.1 Å². The van der Waals surface area contributed by atoms with Gasteiger partial charge in [-0.15, -0.1) is 0 Å². The second-order valence-electron chi connectivity index (χ2n) is 7.65. The summed E-state index contributed by atoms with van der Waals surface area (Å²) in [5, 5.41) is 0. The highest BCUT2D eigenvalue weighted by Crippen LogP contribution is 2.29. The van der Waals surface area contributed by atoms with Gasteiger partial charge in [0.1, 0.15) is 0 Å². The SMILES string of the molecule is CC(C)(C)c1ccc(CN2C(=O)C(N)CCc3ccccc32)cc1. The van der Waals surface area contributed by atoms with E-state index in [0.717, 1.165) is 17.7 Å². The van der Waals surface area contributed by atoms with Crippen molar-refractivity contribution >= 4 is 11.6 Å². The van der Waals surface area contributed by atoms with Crippen LogP contribution in [0.3, 0.4) is 0 Å². The van der Waals surface area contributed by atoms with Gasteiger partial charge in [0, 0.05) is 5.69 Å². The number of fused-ring (bicyclic) bond motifs is 1. The van der Waals surface area contributed by atoms with Gasteiger partial charge in [0.25, 0.3) is 0 Å². The average Bonchev–Trinajstić information content (AvgIpc) is 2.67. The van der Waals surface area contributed by atoms with Crippen molar-refractivity contribution in [1.82, 2.24) is 0 Å². The van der Waals surface area contributed by atoms with Gasteiger partial charge >= 0.3 is 0 Å². The van der Waals surface area contributed by atoms with Crippen LogP contribution in [0.4, 0.5) is 5.69 Å². The first-order chi connectivity index (χ1) is 11.4. The number of aryl methyl sites for hydroxylation is 1. The van der Waals surface area contributed by atoms with E-state index in [0.29, 0.717) is 13.0 Å². The molecule has 0 saturated carbocycles. The molecule has 1 aliphatic rings. The molecular weight excluding hydrogens is 296 g/mol. The minimum absolute atomic E-state index is 0.0137. The quantitative estimate of drug-likeness (QED) is 0.914. The van der Waals surface area contributed by atoms with E-state index in [1.54, 1.807) is 0 Å². The second-order valence-corrected chi connectivity index (χ2v) is 7.65. The maximum absolute atomic E-state index is 12.7.